The molecule has 0 bridgehead atoms. The second-order valence-corrected chi connectivity index (χ2v) is 6.37. The molecule has 26 heavy (non-hydrogen) atoms. The van der Waals surface area contributed by atoms with Gasteiger partial charge in [-0.2, -0.15) is 0 Å². The standard InChI is InChI=1S/C18H25NO6S/c1-11(16(23-5)9-17(21)24-6)15(22-4)8-7-14-10-26-18(19-14)12(2)25-13(3)20/h7-12,15H,1-6H3. The van der Waals surface area contributed by atoms with E-state index in [0.29, 0.717) is 10.8 Å². The molecule has 0 aromatic carbocycles. The van der Waals surface area contributed by atoms with Crippen LogP contribution in [0.15, 0.2) is 23.3 Å². The first-order valence-corrected chi connectivity index (χ1v) is 8.87. The molecule has 0 aliphatic carbocycles. The van der Waals surface area contributed by atoms with Gasteiger partial charge in [0.05, 0.1) is 32.1 Å². The molecule has 1 rings (SSSR count). The van der Waals surface area contributed by atoms with Gasteiger partial charge in [-0.15, -0.1) is 11.3 Å². The van der Waals surface area contributed by atoms with Gasteiger partial charge in [-0.3, -0.25) is 4.79 Å². The number of carbonyl (C=O) groups is 2. The maximum absolute atomic E-state index is 11.4. The van der Waals surface area contributed by atoms with Crippen molar-refractivity contribution in [2.45, 2.75) is 33.0 Å². The van der Waals surface area contributed by atoms with Gasteiger partial charge in [0.25, 0.3) is 0 Å². The summed E-state index contributed by atoms with van der Waals surface area (Å²) in [6, 6.07) is 0. The van der Waals surface area contributed by atoms with E-state index in [1.165, 1.54) is 38.6 Å². The Hall–Kier alpha value is -2.19. The lowest BCUT2D eigenvalue weighted by molar-refractivity contribution is -0.145. The quantitative estimate of drug-likeness (QED) is 0.368. The molecule has 0 aliphatic heterocycles. The minimum atomic E-state index is -0.490. The molecule has 0 fully saturated rings. The first kappa shape index (κ1) is 21.9. The number of hydrogen-bond acceptors (Lipinski definition) is 8. The average molecular weight is 383 g/mol. The molecule has 0 aliphatic rings. The fourth-order valence-corrected chi connectivity index (χ4v) is 2.99. The number of carbonyl (C=O) groups excluding carboxylic acids is 2. The zero-order chi connectivity index (χ0) is 19.7. The average Bonchev–Trinajstić information content (AvgIpc) is 3.08. The van der Waals surface area contributed by atoms with Gasteiger partial charge >= 0.3 is 11.9 Å². The molecular weight excluding hydrogens is 358 g/mol. The van der Waals surface area contributed by atoms with Crippen molar-refractivity contribution in [1.29, 1.82) is 0 Å². The highest BCUT2D eigenvalue weighted by Crippen LogP contribution is 2.23. The van der Waals surface area contributed by atoms with Crippen molar-refractivity contribution >= 4 is 29.4 Å². The lowest BCUT2D eigenvalue weighted by atomic mass is 10.0. The van der Waals surface area contributed by atoms with Gasteiger partial charge < -0.3 is 18.9 Å². The van der Waals surface area contributed by atoms with Crippen molar-refractivity contribution in [3.63, 3.8) is 0 Å². The van der Waals surface area contributed by atoms with Gasteiger partial charge in [0.1, 0.15) is 10.8 Å². The largest absolute Gasteiger partial charge is 0.500 e. The lowest BCUT2D eigenvalue weighted by Gasteiger charge is -2.21. The van der Waals surface area contributed by atoms with Crippen molar-refractivity contribution in [1.82, 2.24) is 4.98 Å². The van der Waals surface area contributed by atoms with Crippen molar-refractivity contribution in [3.05, 3.63) is 34.0 Å². The smallest absolute Gasteiger partial charge is 0.333 e. The van der Waals surface area contributed by atoms with E-state index in [1.807, 2.05) is 24.5 Å². The van der Waals surface area contributed by atoms with Crippen LogP contribution in [0.25, 0.3) is 6.08 Å². The van der Waals surface area contributed by atoms with Gasteiger partial charge in [0.2, 0.25) is 0 Å². The van der Waals surface area contributed by atoms with Crippen LogP contribution < -0.4 is 0 Å². The molecule has 1 aromatic rings. The molecule has 0 N–H and O–H groups in total. The molecule has 0 saturated heterocycles. The van der Waals surface area contributed by atoms with E-state index in [1.54, 1.807) is 14.0 Å². The molecule has 1 heterocycles. The van der Waals surface area contributed by atoms with E-state index < -0.39 is 5.97 Å². The number of rotatable bonds is 9. The predicted molar refractivity (Wildman–Crippen MR) is 98.4 cm³/mol. The Labute approximate surface area is 157 Å². The summed E-state index contributed by atoms with van der Waals surface area (Å²) in [4.78, 5) is 26.9. The topological polar surface area (TPSA) is 84.0 Å². The Morgan fingerprint density at radius 1 is 1.19 bits per heavy atom. The number of esters is 2. The highest BCUT2D eigenvalue weighted by molar-refractivity contribution is 7.09. The molecule has 3 unspecified atom stereocenters. The number of nitrogens with zero attached hydrogens (tertiary/aromatic N) is 1. The van der Waals surface area contributed by atoms with Gasteiger partial charge in [-0.25, -0.2) is 9.78 Å². The molecule has 0 radical (unpaired) electrons. The number of ether oxygens (including phenoxy) is 4. The van der Waals surface area contributed by atoms with Gasteiger partial charge in [-0.05, 0) is 13.0 Å². The first-order chi connectivity index (χ1) is 12.3. The SMILES string of the molecule is COC(=O)C=C(OC)C(C)C(C=Cc1csc(C(C)OC(C)=O)n1)OC. The van der Waals surface area contributed by atoms with Crippen LogP contribution >= 0.6 is 11.3 Å². The maximum atomic E-state index is 11.4. The third-order valence-corrected chi connectivity index (χ3v) is 4.62. The molecular formula is C18H25NO6S. The van der Waals surface area contributed by atoms with E-state index in [0.717, 1.165) is 5.69 Å². The molecule has 3 atom stereocenters. The van der Waals surface area contributed by atoms with Crippen molar-refractivity contribution < 1.29 is 28.5 Å². The second-order valence-electron chi connectivity index (χ2n) is 5.48. The summed E-state index contributed by atoms with van der Waals surface area (Å²) in [5.74, 6) is -0.590. The Kier molecular flexibility index (Phi) is 9.01. The van der Waals surface area contributed by atoms with E-state index in [9.17, 15) is 9.59 Å². The molecule has 144 valence electrons. The summed E-state index contributed by atoms with van der Waals surface area (Å²) < 4.78 is 20.5. The van der Waals surface area contributed by atoms with E-state index in [4.69, 9.17) is 14.2 Å². The summed E-state index contributed by atoms with van der Waals surface area (Å²) in [7, 11) is 4.37. The minimum absolute atomic E-state index is 0.210. The molecule has 1 aromatic heterocycles. The summed E-state index contributed by atoms with van der Waals surface area (Å²) in [5.41, 5.74) is 0.731. The molecule has 0 amide bonds. The molecule has 7 nitrogen and oxygen atoms in total. The summed E-state index contributed by atoms with van der Waals surface area (Å²) in [6.07, 6.45) is 4.23. The van der Waals surface area contributed by atoms with Crippen molar-refractivity contribution in [2.75, 3.05) is 21.3 Å². The van der Waals surface area contributed by atoms with Gasteiger partial charge in [0.15, 0.2) is 6.10 Å². The summed E-state index contributed by atoms with van der Waals surface area (Å²) in [5, 5.41) is 2.58. The number of aromatic nitrogens is 1. The molecule has 0 saturated carbocycles. The molecule has 0 spiro atoms. The van der Waals surface area contributed by atoms with Crippen LogP contribution in [-0.2, 0) is 28.5 Å². The maximum Gasteiger partial charge on any atom is 0.333 e. The van der Waals surface area contributed by atoms with Crippen LogP contribution in [0.1, 0.15) is 37.6 Å². The molecule has 8 heteroatoms. The number of thiazole rings is 1. The fraction of sp³-hybridized carbons (Fsp3) is 0.500. The highest BCUT2D eigenvalue weighted by atomic mass is 32.1. The van der Waals surface area contributed by atoms with Crippen LogP contribution in [0, 0.1) is 5.92 Å². The summed E-state index contributed by atoms with van der Waals surface area (Å²) >= 11 is 1.41. The Balaban J connectivity index is 2.86. The van der Waals surface area contributed by atoms with Crippen molar-refractivity contribution in [3.8, 4) is 0 Å². The van der Waals surface area contributed by atoms with Gasteiger partial charge in [-0.1, -0.05) is 13.0 Å². The third-order valence-electron chi connectivity index (χ3n) is 3.60. The lowest BCUT2D eigenvalue weighted by Crippen LogP contribution is -2.21. The number of hydrogen-bond donors (Lipinski definition) is 0. The predicted octanol–water partition coefficient (Wildman–Crippen LogP) is 3.13. The van der Waals surface area contributed by atoms with Crippen molar-refractivity contribution in [2.24, 2.45) is 5.92 Å². The minimum Gasteiger partial charge on any atom is -0.500 e. The van der Waals surface area contributed by atoms with Crippen LogP contribution in [0.4, 0.5) is 0 Å². The van der Waals surface area contributed by atoms with Crippen LogP contribution in [0.2, 0.25) is 0 Å². The Morgan fingerprint density at radius 2 is 1.88 bits per heavy atom. The fourth-order valence-electron chi connectivity index (χ4n) is 2.22. The highest BCUT2D eigenvalue weighted by Gasteiger charge is 2.21. The third kappa shape index (κ3) is 6.61. The van der Waals surface area contributed by atoms with Crippen LogP contribution in [0.3, 0.4) is 0 Å². The summed E-state index contributed by atoms with van der Waals surface area (Å²) in [6.45, 7) is 5.02. The second kappa shape index (κ2) is 10.7. The van der Waals surface area contributed by atoms with E-state index >= 15 is 0 Å². The Bertz CT molecular complexity index is 666. The number of methoxy groups -OCH3 is 3. The van der Waals surface area contributed by atoms with Crippen LogP contribution in [0.5, 0.6) is 0 Å². The zero-order valence-corrected chi connectivity index (χ0v) is 16.7. The zero-order valence-electron chi connectivity index (χ0n) is 15.8. The van der Waals surface area contributed by atoms with Crippen LogP contribution in [-0.4, -0.2) is 44.4 Å². The van der Waals surface area contributed by atoms with E-state index in [2.05, 4.69) is 9.72 Å². The van der Waals surface area contributed by atoms with Gasteiger partial charge in [0, 0.05) is 25.3 Å². The Morgan fingerprint density at radius 3 is 2.42 bits per heavy atom. The van der Waals surface area contributed by atoms with E-state index in [-0.39, 0.29) is 24.1 Å². The first-order valence-electron chi connectivity index (χ1n) is 7.99. The normalized spacial score (nSPS) is 15.4. The monoisotopic (exact) mass is 383 g/mol.